The Kier molecular flexibility index (Phi) is 4.84. The van der Waals surface area contributed by atoms with Gasteiger partial charge >= 0.3 is 0 Å². The fourth-order valence-electron chi connectivity index (χ4n) is 5.45. The molecule has 0 amide bonds. The molecule has 1 aliphatic carbocycles. The average molecular weight is 449 g/mol. The molecule has 2 atom stereocenters. The fraction of sp³-hybridized carbons (Fsp3) is 0.172. The van der Waals surface area contributed by atoms with E-state index < -0.39 is 0 Å². The smallest absolute Gasteiger partial charge is 0.162 e. The Balaban J connectivity index is 1.57. The lowest BCUT2D eigenvalue weighted by Crippen LogP contribution is -2.30. The number of phenolic OH excluding ortho intramolecular Hbond substituents is 1. The van der Waals surface area contributed by atoms with Crippen molar-refractivity contribution in [2.45, 2.75) is 24.7 Å². The molecule has 0 bridgehead atoms. The summed E-state index contributed by atoms with van der Waals surface area (Å²) in [5.41, 5.74) is 6.75. The van der Waals surface area contributed by atoms with Gasteiger partial charge in [-0.05, 0) is 59.4 Å². The van der Waals surface area contributed by atoms with Crippen LogP contribution in [0.1, 0.15) is 41.4 Å². The van der Waals surface area contributed by atoms with Crippen LogP contribution in [0.4, 0.5) is 5.69 Å². The zero-order valence-electron chi connectivity index (χ0n) is 18.8. The SMILES string of the molecule is COc1cc([C@H]2C3=C(C[C@@H](c4ccccc4)CC3=O)Nc3ccc4ncccc4c32)ccc1O. The number of ether oxygens (including phenoxy) is 1. The summed E-state index contributed by atoms with van der Waals surface area (Å²) in [5, 5.41) is 14.8. The summed E-state index contributed by atoms with van der Waals surface area (Å²) in [7, 11) is 1.54. The highest BCUT2D eigenvalue weighted by atomic mass is 16.5. The number of allylic oxidation sites excluding steroid dienone is 2. The molecule has 0 fully saturated rings. The van der Waals surface area contributed by atoms with E-state index in [1.807, 2.05) is 42.5 Å². The first-order chi connectivity index (χ1) is 16.6. The number of rotatable bonds is 3. The van der Waals surface area contributed by atoms with E-state index in [9.17, 15) is 9.90 Å². The molecule has 2 N–H and O–H groups in total. The lowest BCUT2D eigenvalue weighted by molar-refractivity contribution is -0.116. The van der Waals surface area contributed by atoms with Crippen molar-refractivity contribution in [2.24, 2.45) is 0 Å². The normalized spacial score (nSPS) is 19.4. The predicted octanol–water partition coefficient (Wildman–Crippen LogP) is 5.91. The fourth-order valence-corrected chi connectivity index (χ4v) is 5.45. The van der Waals surface area contributed by atoms with Crippen LogP contribution in [0.5, 0.6) is 11.5 Å². The number of methoxy groups -OCH3 is 1. The van der Waals surface area contributed by atoms with Gasteiger partial charge in [0.15, 0.2) is 17.3 Å². The van der Waals surface area contributed by atoms with Gasteiger partial charge in [-0.1, -0.05) is 42.5 Å². The second-order valence-electron chi connectivity index (χ2n) is 8.92. The van der Waals surface area contributed by atoms with Gasteiger partial charge in [0.25, 0.3) is 0 Å². The third kappa shape index (κ3) is 3.24. The van der Waals surface area contributed by atoms with Crippen molar-refractivity contribution >= 4 is 22.4 Å². The molecule has 0 saturated carbocycles. The summed E-state index contributed by atoms with van der Waals surface area (Å²) in [4.78, 5) is 18.3. The van der Waals surface area contributed by atoms with Crippen LogP contribution >= 0.6 is 0 Å². The second-order valence-corrected chi connectivity index (χ2v) is 8.92. The first-order valence-corrected chi connectivity index (χ1v) is 11.5. The number of fused-ring (bicyclic) bond motifs is 3. The van der Waals surface area contributed by atoms with Gasteiger partial charge in [-0.15, -0.1) is 0 Å². The van der Waals surface area contributed by atoms with Crippen molar-refractivity contribution in [1.82, 2.24) is 4.98 Å². The largest absolute Gasteiger partial charge is 0.504 e. The van der Waals surface area contributed by atoms with E-state index in [-0.39, 0.29) is 23.4 Å². The van der Waals surface area contributed by atoms with Crippen molar-refractivity contribution in [1.29, 1.82) is 0 Å². The summed E-state index contributed by atoms with van der Waals surface area (Å²) in [6.45, 7) is 0. The van der Waals surface area contributed by atoms with Gasteiger partial charge in [-0.2, -0.15) is 0 Å². The van der Waals surface area contributed by atoms with Crippen molar-refractivity contribution in [2.75, 3.05) is 12.4 Å². The van der Waals surface area contributed by atoms with E-state index in [1.54, 1.807) is 12.3 Å². The third-order valence-corrected chi connectivity index (χ3v) is 7.01. The van der Waals surface area contributed by atoms with E-state index in [1.165, 1.54) is 12.7 Å². The lowest BCUT2D eigenvalue weighted by Gasteiger charge is -2.37. The molecule has 4 aromatic rings. The number of Topliss-reactive ketones (excluding diaryl/α,β-unsaturated/α-hetero) is 1. The number of aromatic hydroxyl groups is 1. The number of hydrogen-bond acceptors (Lipinski definition) is 5. The number of ketones is 1. The Bertz CT molecular complexity index is 1460. The molecule has 1 aliphatic heterocycles. The van der Waals surface area contributed by atoms with Crippen molar-refractivity contribution in [3.8, 4) is 11.5 Å². The van der Waals surface area contributed by atoms with Crippen LogP contribution in [0.3, 0.4) is 0 Å². The van der Waals surface area contributed by atoms with Gasteiger partial charge in [0.2, 0.25) is 0 Å². The summed E-state index contributed by atoms with van der Waals surface area (Å²) in [6, 6.07) is 23.7. The maximum absolute atomic E-state index is 13.8. The van der Waals surface area contributed by atoms with Crippen LogP contribution < -0.4 is 10.1 Å². The van der Waals surface area contributed by atoms with Gasteiger partial charge in [0.05, 0.1) is 12.6 Å². The molecule has 0 unspecified atom stereocenters. The molecular weight excluding hydrogens is 424 g/mol. The summed E-state index contributed by atoms with van der Waals surface area (Å²) in [5.74, 6) is 0.472. The molecule has 0 radical (unpaired) electrons. The lowest BCUT2D eigenvalue weighted by atomic mass is 9.71. The number of aromatic nitrogens is 1. The Morgan fingerprint density at radius 2 is 1.82 bits per heavy atom. The molecule has 3 aromatic carbocycles. The number of pyridine rings is 1. The van der Waals surface area contributed by atoms with Crippen LogP contribution in [0.15, 0.2) is 90.3 Å². The quantitative estimate of drug-likeness (QED) is 0.408. The van der Waals surface area contributed by atoms with Gasteiger partial charge in [-0.3, -0.25) is 9.78 Å². The number of carbonyl (C=O) groups is 1. The molecule has 2 heterocycles. The van der Waals surface area contributed by atoms with Crippen LogP contribution in [-0.2, 0) is 4.79 Å². The number of phenols is 1. The Labute approximate surface area is 197 Å². The predicted molar refractivity (Wildman–Crippen MR) is 132 cm³/mol. The molecule has 2 aliphatic rings. The number of hydrogen-bond donors (Lipinski definition) is 2. The first kappa shape index (κ1) is 20.5. The van der Waals surface area contributed by atoms with E-state index in [2.05, 4.69) is 34.6 Å². The Morgan fingerprint density at radius 1 is 0.971 bits per heavy atom. The molecule has 168 valence electrons. The number of anilines is 1. The molecule has 0 spiro atoms. The summed E-state index contributed by atoms with van der Waals surface area (Å²) < 4.78 is 5.41. The monoisotopic (exact) mass is 448 g/mol. The molecule has 1 aromatic heterocycles. The highest BCUT2D eigenvalue weighted by molar-refractivity contribution is 6.04. The minimum Gasteiger partial charge on any atom is -0.504 e. The Hall–Kier alpha value is -4.12. The van der Waals surface area contributed by atoms with Gasteiger partial charge in [0, 0.05) is 40.9 Å². The van der Waals surface area contributed by atoms with Crippen LogP contribution in [0.25, 0.3) is 10.9 Å². The maximum atomic E-state index is 13.8. The number of nitrogens with zero attached hydrogens (tertiary/aromatic N) is 1. The van der Waals surface area contributed by atoms with Crippen molar-refractivity contribution in [3.05, 3.63) is 107 Å². The van der Waals surface area contributed by atoms with Gasteiger partial charge in [-0.25, -0.2) is 0 Å². The number of carbonyl (C=O) groups excluding carboxylic acids is 1. The third-order valence-electron chi connectivity index (χ3n) is 7.01. The molecule has 34 heavy (non-hydrogen) atoms. The molecule has 0 saturated heterocycles. The molecular formula is C29H24N2O3. The van der Waals surface area contributed by atoms with Crippen molar-refractivity contribution < 1.29 is 14.6 Å². The average Bonchev–Trinajstić information content (AvgIpc) is 2.88. The van der Waals surface area contributed by atoms with Crippen LogP contribution in [0, 0.1) is 0 Å². The minimum atomic E-state index is -0.280. The van der Waals surface area contributed by atoms with E-state index in [4.69, 9.17) is 4.74 Å². The zero-order chi connectivity index (χ0) is 23.2. The molecule has 5 heteroatoms. The Morgan fingerprint density at radius 3 is 2.65 bits per heavy atom. The van der Waals surface area contributed by atoms with E-state index in [0.717, 1.165) is 45.4 Å². The summed E-state index contributed by atoms with van der Waals surface area (Å²) in [6.07, 6.45) is 3.01. The van der Waals surface area contributed by atoms with Crippen molar-refractivity contribution in [3.63, 3.8) is 0 Å². The second kappa shape index (κ2) is 8.03. The minimum absolute atomic E-state index is 0.0771. The van der Waals surface area contributed by atoms with Gasteiger partial charge < -0.3 is 15.2 Å². The first-order valence-electron chi connectivity index (χ1n) is 11.5. The van der Waals surface area contributed by atoms with Crippen LogP contribution in [-0.4, -0.2) is 23.0 Å². The highest BCUT2D eigenvalue weighted by Crippen LogP contribution is 2.50. The van der Waals surface area contributed by atoms with E-state index in [0.29, 0.717) is 12.2 Å². The van der Waals surface area contributed by atoms with Gasteiger partial charge in [0.1, 0.15) is 0 Å². The van der Waals surface area contributed by atoms with E-state index >= 15 is 0 Å². The number of nitrogens with one attached hydrogen (secondary N) is 1. The number of benzene rings is 3. The highest BCUT2D eigenvalue weighted by Gasteiger charge is 2.39. The molecule has 5 nitrogen and oxygen atoms in total. The molecule has 6 rings (SSSR count). The topological polar surface area (TPSA) is 71.5 Å². The zero-order valence-corrected chi connectivity index (χ0v) is 18.8. The van der Waals surface area contributed by atoms with Crippen LogP contribution in [0.2, 0.25) is 0 Å². The maximum Gasteiger partial charge on any atom is 0.162 e. The standard InChI is InChI=1S/C29H24N2O3/c1-34-26-16-18(9-12-24(26)32)27-28-20-8-5-13-30-21(20)10-11-22(28)31-23-14-19(15-25(33)29(23)27)17-6-3-2-4-7-17/h2-13,16,19,27,31-32H,14-15H2,1H3/t19-,27-/m1/s1. The summed E-state index contributed by atoms with van der Waals surface area (Å²) >= 11 is 0.